The molecule has 0 fully saturated rings. The van der Waals surface area contributed by atoms with Crippen molar-refractivity contribution in [3.8, 4) is 6.07 Å². The van der Waals surface area contributed by atoms with Gasteiger partial charge in [-0.15, -0.1) is 0 Å². The van der Waals surface area contributed by atoms with Crippen LogP contribution in [0.2, 0.25) is 0 Å². The maximum atomic E-state index is 11.5. The largest absolute Gasteiger partial charge is 0.465 e. The van der Waals surface area contributed by atoms with Gasteiger partial charge in [0, 0.05) is 17.7 Å². The third kappa shape index (κ3) is 4.27. The second kappa shape index (κ2) is 8.78. The molecule has 142 valence electrons. The number of imidazole rings is 1. The van der Waals surface area contributed by atoms with E-state index in [0.29, 0.717) is 21.3 Å². The van der Waals surface area contributed by atoms with Crippen molar-refractivity contribution in [2.24, 2.45) is 7.05 Å². The highest BCUT2D eigenvalue weighted by Gasteiger charge is 2.20. The number of ether oxygens (including phenoxy) is 2. The molecule has 0 bridgehead atoms. The Kier molecular flexibility index (Phi) is 6.19. The molecule has 0 N–H and O–H groups in total. The molecule has 0 spiro atoms. The van der Waals surface area contributed by atoms with Crippen molar-refractivity contribution in [1.82, 2.24) is 14.5 Å². The van der Waals surface area contributed by atoms with Crippen molar-refractivity contribution in [1.29, 1.82) is 5.26 Å². The van der Waals surface area contributed by atoms with Crippen LogP contribution in [0.4, 0.5) is 0 Å². The average molecular weight is 441 g/mol. The molecule has 3 aromatic rings. The first-order valence-electron chi connectivity index (χ1n) is 8.34. The lowest BCUT2D eigenvalue weighted by atomic mass is 10.0. The highest BCUT2D eigenvalue weighted by molar-refractivity contribution is 9.10. The molecule has 1 aromatic carbocycles. The number of pyridine rings is 1. The van der Waals surface area contributed by atoms with Crippen LogP contribution >= 0.6 is 15.9 Å². The molecule has 8 heteroatoms. The lowest BCUT2D eigenvalue weighted by Gasteiger charge is -2.19. The molecule has 2 heterocycles. The van der Waals surface area contributed by atoms with Crippen molar-refractivity contribution in [3.05, 3.63) is 81.6 Å². The van der Waals surface area contributed by atoms with E-state index in [9.17, 15) is 4.79 Å². The number of rotatable bonds is 6. The van der Waals surface area contributed by atoms with E-state index in [1.165, 1.54) is 13.3 Å². The number of aryl methyl sites for hydroxylation is 1. The Hall–Kier alpha value is -3.02. The van der Waals surface area contributed by atoms with Gasteiger partial charge in [0.2, 0.25) is 0 Å². The summed E-state index contributed by atoms with van der Waals surface area (Å²) in [7, 11) is 3.22. The first-order valence-corrected chi connectivity index (χ1v) is 9.13. The molecule has 1 atom stereocenters. The van der Waals surface area contributed by atoms with E-state index < -0.39 is 12.1 Å². The van der Waals surface area contributed by atoms with Crippen LogP contribution in [0.1, 0.15) is 39.0 Å². The van der Waals surface area contributed by atoms with Crippen LogP contribution in [0.15, 0.2) is 53.5 Å². The summed E-state index contributed by atoms with van der Waals surface area (Å²) in [5, 5.41) is 9.14. The van der Waals surface area contributed by atoms with Gasteiger partial charge < -0.3 is 14.0 Å². The van der Waals surface area contributed by atoms with Crippen LogP contribution in [0, 0.1) is 11.3 Å². The van der Waals surface area contributed by atoms with Crippen LogP contribution in [-0.4, -0.2) is 27.6 Å². The molecule has 3 rings (SSSR count). The highest BCUT2D eigenvalue weighted by Crippen LogP contribution is 2.30. The fraction of sp³-hybridized carbons (Fsp3) is 0.200. The summed E-state index contributed by atoms with van der Waals surface area (Å²) in [6.07, 6.45) is 4.50. The Morgan fingerprint density at radius 1 is 1.32 bits per heavy atom. The summed E-state index contributed by atoms with van der Waals surface area (Å²) in [6.45, 7) is 0.231. The van der Waals surface area contributed by atoms with Crippen molar-refractivity contribution in [2.75, 3.05) is 7.11 Å². The zero-order valence-electron chi connectivity index (χ0n) is 15.3. The van der Waals surface area contributed by atoms with Gasteiger partial charge in [-0.3, -0.25) is 4.98 Å². The highest BCUT2D eigenvalue weighted by atomic mass is 79.9. The second-order valence-electron chi connectivity index (χ2n) is 6.00. The molecule has 0 aliphatic heterocycles. The van der Waals surface area contributed by atoms with Crippen LogP contribution in [-0.2, 0) is 23.1 Å². The van der Waals surface area contributed by atoms with E-state index >= 15 is 0 Å². The summed E-state index contributed by atoms with van der Waals surface area (Å²) in [5.74, 6) is -0.435. The van der Waals surface area contributed by atoms with Crippen molar-refractivity contribution in [2.45, 2.75) is 12.7 Å². The monoisotopic (exact) mass is 440 g/mol. The van der Waals surface area contributed by atoms with Crippen molar-refractivity contribution < 1.29 is 14.3 Å². The average Bonchev–Trinajstić information content (AvgIpc) is 3.14. The van der Waals surface area contributed by atoms with Crippen LogP contribution in [0.3, 0.4) is 0 Å². The van der Waals surface area contributed by atoms with Gasteiger partial charge >= 0.3 is 5.97 Å². The molecule has 1 unspecified atom stereocenters. The molecule has 7 nitrogen and oxygen atoms in total. The van der Waals surface area contributed by atoms with Gasteiger partial charge in [0.15, 0.2) is 0 Å². The summed E-state index contributed by atoms with van der Waals surface area (Å²) in [6, 6.07) is 11.0. The molecular weight excluding hydrogens is 424 g/mol. The fourth-order valence-electron chi connectivity index (χ4n) is 2.67. The molecule has 0 radical (unpaired) electrons. The number of benzene rings is 1. The fourth-order valence-corrected chi connectivity index (χ4v) is 3.16. The van der Waals surface area contributed by atoms with Gasteiger partial charge in [0.25, 0.3) is 0 Å². The van der Waals surface area contributed by atoms with Gasteiger partial charge in [-0.2, -0.15) is 5.26 Å². The van der Waals surface area contributed by atoms with Crippen molar-refractivity contribution in [3.63, 3.8) is 0 Å². The van der Waals surface area contributed by atoms with Gasteiger partial charge in [-0.1, -0.05) is 6.07 Å². The van der Waals surface area contributed by atoms with Gasteiger partial charge in [-0.25, -0.2) is 9.78 Å². The SMILES string of the molecule is COC(=O)c1ccc(COC(c2ccc(C#N)c(Br)c2)c2cncn2C)nc1. The Bertz CT molecular complexity index is 1020. The first-order chi connectivity index (χ1) is 13.5. The van der Waals surface area contributed by atoms with Gasteiger partial charge in [0.05, 0.1) is 48.8 Å². The minimum Gasteiger partial charge on any atom is -0.465 e. The first kappa shape index (κ1) is 19.7. The number of nitrogens with zero attached hydrogens (tertiary/aromatic N) is 4. The van der Waals surface area contributed by atoms with Crippen LogP contribution in [0.25, 0.3) is 0 Å². The molecule has 0 amide bonds. The summed E-state index contributed by atoms with van der Waals surface area (Å²) in [5.41, 5.74) is 3.34. The molecule has 0 aliphatic rings. The Balaban J connectivity index is 1.85. The van der Waals surface area contributed by atoms with Crippen molar-refractivity contribution >= 4 is 21.9 Å². The summed E-state index contributed by atoms with van der Waals surface area (Å²) >= 11 is 3.43. The maximum absolute atomic E-state index is 11.5. The number of aromatic nitrogens is 3. The molecule has 0 saturated carbocycles. The molecule has 0 aliphatic carbocycles. The second-order valence-corrected chi connectivity index (χ2v) is 6.86. The Labute approximate surface area is 170 Å². The summed E-state index contributed by atoms with van der Waals surface area (Å²) in [4.78, 5) is 20.0. The third-order valence-electron chi connectivity index (χ3n) is 4.18. The van der Waals surface area contributed by atoms with E-state index in [0.717, 1.165) is 11.3 Å². The van der Waals surface area contributed by atoms with Gasteiger partial charge in [-0.05, 0) is 45.8 Å². The number of hydrogen-bond acceptors (Lipinski definition) is 6. The lowest BCUT2D eigenvalue weighted by molar-refractivity contribution is 0.0586. The molecule has 0 saturated heterocycles. The van der Waals surface area contributed by atoms with Crippen LogP contribution < -0.4 is 0 Å². The van der Waals surface area contributed by atoms with E-state index in [2.05, 4.69) is 36.7 Å². The van der Waals surface area contributed by atoms with E-state index in [4.69, 9.17) is 10.00 Å². The lowest BCUT2D eigenvalue weighted by Crippen LogP contribution is -2.11. The number of hydrogen-bond donors (Lipinski definition) is 0. The minimum atomic E-state index is -0.435. The number of nitriles is 1. The topological polar surface area (TPSA) is 90.0 Å². The molecule has 2 aromatic heterocycles. The number of esters is 1. The van der Waals surface area contributed by atoms with E-state index in [-0.39, 0.29) is 6.61 Å². The summed E-state index contributed by atoms with van der Waals surface area (Å²) < 4.78 is 13.4. The zero-order chi connectivity index (χ0) is 20.1. The standard InChI is InChI=1S/C20H17BrN4O3/c1-25-12-23-10-18(25)19(13-3-4-14(8-22)17(21)7-13)28-11-16-6-5-15(9-24-16)20(26)27-2/h3-7,9-10,12,19H,11H2,1-2H3. The van der Waals surface area contributed by atoms with E-state index in [1.54, 1.807) is 30.7 Å². The number of carbonyl (C=O) groups excluding carboxylic acids is 1. The quantitative estimate of drug-likeness (QED) is 0.544. The Morgan fingerprint density at radius 2 is 2.14 bits per heavy atom. The molecule has 28 heavy (non-hydrogen) atoms. The predicted octanol–water partition coefficient (Wildman–Crippen LogP) is 3.54. The number of halogens is 1. The predicted molar refractivity (Wildman–Crippen MR) is 104 cm³/mol. The molecular formula is C20H17BrN4O3. The minimum absolute atomic E-state index is 0.231. The number of carbonyl (C=O) groups is 1. The van der Waals surface area contributed by atoms with Crippen LogP contribution in [0.5, 0.6) is 0 Å². The van der Waals surface area contributed by atoms with E-state index in [1.807, 2.05) is 23.7 Å². The Morgan fingerprint density at radius 3 is 2.71 bits per heavy atom. The normalized spacial score (nSPS) is 11.6. The smallest absolute Gasteiger partial charge is 0.339 e. The maximum Gasteiger partial charge on any atom is 0.339 e. The zero-order valence-corrected chi connectivity index (χ0v) is 16.9. The number of methoxy groups -OCH3 is 1. The van der Waals surface area contributed by atoms with Gasteiger partial charge in [0.1, 0.15) is 12.2 Å². The third-order valence-corrected chi connectivity index (χ3v) is 4.84.